The molecule has 1 atom stereocenters. The zero-order valence-corrected chi connectivity index (χ0v) is 18.6. The van der Waals surface area contributed by atoms with Crippen LogP contribution >= 0.6 is 11.6 Å². The number of nitrogens with zero attached hydrogens (tertiary/aromatic N) is 2. The van der Waals surface area contributed by atoms with E-state index in [2.05, 4.69) is 6.92 Å². The Hall–Kier alpha value is -2.05. The molecule has 0 N–H and O–H groups in total. The lowest BCUT2D eigenvalue weighted by Crippen LogP contribution is -2.46. The van der Waals surface area contributed by atoms with E-state index in [9.17, 15) is 13.2 Å². The summed E-state index contributed by atoms with van der Waals surface area (Å²) in [7, 11) is -3.93. The third-order valence-electron chi connectivity index (χ3n) is 5.41. The molecule has 5 nitrogen and oxygen atoms in total. The summed E-state index contributed by atoms with van der Waals surface area (Å²) in [6, 6.07) is 11.8. The number of rotatable bonds is 5. The third-order valence-corrected chi connectivity index (χ3v) is 7.59. The molecule has 0 saturated carbocycles. The molecule has 2 aromatic carbocycles. The van der Waals surface area contributed by atoms with Crippen LogP contribution in [0.3, 0.4) is 0 Å². The van der Waals surface area contributed by atoms with Gasteiger partial charge in [0, 0.05) is 18.1 Å². The molecule has 1 heterocycles. The lowest BCUT2D eigenvalue weighted by molar-refractivity contribution is -0.131. The molecule has 3 rings (SSSR count). The first-order valence-corrected chi connectivity index (χ1v) is 11.6. The fraction of sp³-hybridized carbons (Fsp3) is 0.409. The van der Waals surface area contributed by atoms with Crippen LogP contribution in [0, 0.1) is 19.8 Å². The quantitative estimate of drug-likeness (QED) is 0.700. The first kappa shape index (κ1) is 21.7. The zero-order chi connectivity index (χ0) is 21.2. The molecule has 0 aromatic heterocycles. The van der Waals surface area contributed by atoms with Crippen LogP contribution in [0.2, 0.25) is 5.02 Å². The van der Waals surface area contributed by atoms with Gasteiger partial charge in [-0.25, -0.2) is 8.42 Å². The number of hydrogen-bond donors (Lipinski definition) is 0. The molecule has 1 aliphatic heterocycles. The molecule has 0 spiro atoms. The Bertz CT molecular complexity index is 990. The van der Waals surface area contributed by atoms with Crippen LogP contribution in [0.15, 0.2) is 47.4 Å². The average Bonchev–Trinajstić information content (AvgIpc) is 2.68. The van der Waals surface area contributed by atoms with Gasteiger partial charge >= 0.3 is 0 Å². The summed E-state index contributed by atoms with van der Waals surface area (Å²) in [4.78, 5) is 15.0. The molecule has 0 unspecified atom stereocenters. The van der Waals surface area contributed by atoms with E-state index >= 15 is 0 Å². The van der Waals surface area contributed by atoms with Gasteiger partial charge in [-0.1, -0.05) is 42.3 Å². The largest absolute Gasteiger partial charge is 0.341 e. The van der Waals surface area contributed by atoms with Crippen molar-refractivity contribution in [1.82, 2.24) is 4.90 Å². The number of piperidine rings is 1. The second kappa shape index (κ2) is 8.76. The zero-order valence-electron chi connectivity index (χ0n) is 17.1. The maximum atomic E-state index is 13.5. The summed E-state index contributed by atoms with van der Waals surface area (Å²) in [5, 5.41) is 0.464. The lowest BCUT2D eigenvalue weighted by Gasteiger charge is -2.33. The average molecular weight is 435 g/mol. The van der Waals surface area contributed by atoms with Crippen LogP contribution in [0.1, 0.15) is 30.9 Å². The smallest absolute Gasteiger partial charge is 0.264 e. The first-order chi connectivity index (χ1) is 13.7. The summed E-state index contributed by atoms with van der Waals surface area (Å²) in [6.07, 6.45) is 2.02. The van der Waals surface area contributed by atoms with Gasteiger partial charge in [-0.2, -0.15) is 0 Å². The molecular weight excluding hydrogens is 408 g/mol. The summed E-state index contributed by atoms with van der Waals surface area (Å²) in [6.45, 7) is 6.85. The van der Waals surface area contributed by atoms with E-state index in [4.69, 9.17) is 11.6 Å². The second-order valence-corrected chi connectivity index (χ2v) is 10.1. The second-order valence-electron chi connectivity index (χ2n) is 7.80. The highest BCUT2D eigenvalue weighted by Crippen LogP contribution is 2.31. The number of benzene rings is 2. The minimum atomic E-state index is -3.93. The topological polar surface area (TPSA) is 57.7 Å². The first-order valence-electron chi connectivity index (χ1n) is 9.82. The number of aryl methyl sites for hydroxylation is 1. The van der Waals surface area contributed by atoms with E-state index in [-0.39, 0.29) is 17.3 Å². The van der Waals surface area contributed by atoms with Crippen molar-refractivity contribution < 1.29 is 13.2 Å². The molecule has 1 saturated heterocycles. The van der Waals surface area contributed by atoms with Gasteiger partial charge in [-0.05, 0) is 62.4 Å². The molecule has 2 aromatic rings. The Labute approximate surface area is 178 Å². The molecule has 29 heavy (non-hydrogen) atoms. The Morgan fingerprint density at radius 1 is 1.17 bits per heavy atom. The van der Waals surface area contributed by atoms with E-state index in [1.807, 2.05) is 6.92 Å². The summed E-state index contributed by atoms with van der Waals surface area (Å²) in [5.74, 6) is 0.231. The standard InChI is InChI=1S/C22H27ClN2O3S/c1-16-9-11-19(12-10-16)29(27,28)25(21-8-4-7-20(23)18(21)3)15-22(26)24-13-5-6-17(2)14-24/h4,7-12,17H,5-6,13-15H2,1-3H3/t17-/m0/s1. The number of anilines is 1. The van der Waals surface area contributed by atoms with E-state index < -0.39 is 10.0 Å². The highest BCUT2D eigenvalue weighted by atomic mass is 35.5. The highest BCUT2D eigenvalue weighted by molar-refractivity contribution is 7.92. The summed E-state index contributed by atoms with van der Waals surface area (Å²) >= 11 is 6.26. The van der Waals surface area contributed by atoms with Crippen molar-refractivity contribution >= 4 is 33.2 Å². The van der Waals surface area contributed by atoms with Gasteiger partial charge in [-0.3, -0.25) is 9.10 Å². The van der Waals surface area contributed by atoms with Gasteiger partial charge in [0.15, 0.2) is 0 Å². The van der Waals surface area contributed by atoms with Crippen LogP contribution < -0.4 is 4.31 Å². The van der Waals surface area contributed by atoms with Crippen LogP contribution in [0.5, 0.6) is 0 Å². The molecule has 1 fully saturated rings. The van der Waals surface area contributed by atoms with E-state index in [0.717, 1.165) is 18.4 Å². The van der Waals surface area contributed by atoms with Crippen molar-refractivity contribution in [2.75, 3.05) is 23.9 Å². The number of amides is 1. The van der Waals surface area contributed by atoms with Gasteiger partial charge in [0.2, 0.25) is 5.91 Å². The van der Waals surface area contributed by atoms with Crippen LogP contribution in [0.4, 0.5) is 5.69 Å². The monoisotopic (exact) mass is 434 g/mol. The number of halogens is 1. The van der Waals surface area contributed by atoms with Crippen molar-refractivity contribution in [2.24, 2.45) is 5.92 Å². The molecule has 156 valence electrons. The number of hydrogen-bond acceptors (Lipinski definition) is 3. The number of likely N-dealkylation sites (tertiary alicyclic amines) is 1. The van der Waals surface area contributed by atoms with Gasteiger partial charge in [0.1, 0.15) is 6.54 Å². The summed E-state index contributed by atoms with van der Waals surface area (Å²) < 4.78 is 28.2. The maximum Gasteiger partial charge on any atom is 0.264 e. The van der Waals surface area contributed by atoms with Crippen molar-refractivity contribution in [1.29, 1.82) is 0 Å². The fourth-order valence-electron chi connectivity index (χ4n) is 3.64. The molecule has 1 amide bonds. The number of sulfonamides is 1. The van der Waals surface area contributed by atoms with Crippen molar-refractivity contribution in [3.8, 4) is 0 Å². The van der Waals surface area contributed by atoms with Crippen molar-refractivity contribution in [2.45, 2.75) is 38.5 Å². The molecule has 1 aliphatic rings. The molecular formula is C22H27ClN2O3S. The Morgan fingerprint density at radius 3 is 2.52 bits per heavy atom. The number of carbonyl (C=O) groups excluding carboxylic acids is 1. The lowest BCUT2D eigenvalue weighted by atomic mass is 10.0. The van der Waals surface area contributed by atoms with E-state index in [1.54, 1.807) is 54.3 Å². The predicted octanol–water partition coefficient (Wildman–Crippen LogP) is 4.41. The Balaban J connectivity index is 2.01. The third kappa shape index (κ3) is 4.75. The molecule has 0 radical (unpaired) electrons. The molecule has 7 heteroatoms. The van der Waals surface area contributed by atoms with E-state index in [0.29, 0.717) is 35.3 Å². The highest BCUT2D eigenvalue weighted by Gasteiger charge is 2.31. The minimum Gasteiger partial charge on any atom is -0.341 e. The van der Waals surface area contributed by atoms with Crippen molar-refractivity contribution in [3.63, 3.8) is 0 Å². The Morgan fingerprint density at radius 2 is 1.86 bits per heavy atom. The molecule has 0 aliphatic carbocycles. The maximum absolute atomic E-state index is 13.5. The van der Waals surface area contributed by atoms with Gasteiger partial charge in [0.25, 0.3) is 10.0 Å². The SMILES string of the molecule is Cc1ccc(S(=O)(=O)N(CC(=O)N2CCC[C@H](C)C2)c2cccc(Cl)c2C)cc1. The van der Waals surface area contributed by atoms with Crippen LogP contribution in [-0.4, -0.2) is 38.9 Å². The van der Waals surface area contributed by atoms with E-state index in [1.165, 1.54) is 4.31 Å². The van der Waals surface area contributed by atoms with Crippen molar-refractivity contribution in [3.05, 3.63) is 58.6 Å². The number of carbonyl (C=O) groups is 1. The van der Waals surface area contributed by atoms with Crippen LogP contribution in [-0.2, 0) is 14.8 Å². The van der Waals surface area contributed by atoms with Crippen LogP contribution in [0.25, 0.3) is 0 Å². The van der Waals surface area contributed by atoms with Gasteiger partial charge < -0.3 is 4.90 Å². The Kier molecular flexibility index (Phi) is 6.54. The fourth-order valence-corrected chi connectivity index (χ4v) is 5.28. The molecule has 0 bridgehead atoms. The van der Waals surface area contributed by atoms with Gasteiger partial charge in [0.05, 0.1) is 10.6 Å². The van der Waals surface area contributed by atoms with Gasteiger partial charge in [-0.15, -0.1) is 0 Å². The predicted molar refractivity (Wildman–Crippen MR) is 117 cm³/mol. The summed E-state index contributed by atoms with van der Waals surface area (Å²) in [5.41, 5.74) is 2.02. The minimum absolute atomic E-state index is 0.155. The normalized spacial score (nSPS) is 17.2.